The predicted molar refractivity (Wildman–Crippen MR) is 129 cm³/mol. The number of carbonyl (C=O) groups excluding carboxylic acids is 3. The fourth-order valence-corrected chi connectivity index (χ4v) is 5.52. The highest BCUT2D eigenvalue weighted by Gasteiger charge is 2.62. The summed E-state index contributed by atoms with van der Waals surface area (Å²) in [6.45, 7) is 3.50. The lowest BCUT2D eigenvalue weighted by Crippen LogP contribution is -2.53. The highest BCUT2D eigenvalue weighted by atomic mass is 35.5. The van der Waals surface area contributed by atoms with Crippen molar-refractivity contribution in [2.24, 2.45) is 5.73 Å². The molecule has 0 radical (unpaired) electrons. The Kier molecular flexibility index (Phi) is 5.44. The molecule has 5 rings (SSSR count). The van der Waals surface area contributed by atoms with Crippen LogP contribution in [0.1, 0.15) is 37.3 Å². The number of carbonyl (C=O) groups is 3. The van der Waals surface area contributed by atoms with Gasteiger partial charge in [0.05, 0.1) is 12.3 Å². The molecule has 9 heteroatoms. The molecule has 1 spiro atoms. The van der Waals surface area contributed by atoms with Gasteiger partial charge in [0, 0.05) is 34.0 Å². The number of anilines is 2. The first-order valence-corrected chi connectivity index (χ1v) is 11.7. The summed E-state index contributed by atoms with van der Waals surface area (Å²) >= 11 is 5.97. The van der Waals surface area contributed by atoms with Crippen molar-refractivity contribution in [3.8, 4) is 0 Å². The third-order valence-corrected chi connectivity index (χ3v) is 6.93. The molecule has 1 atom stereocenters. The molecule has 0 fully saturated rings. The molecule has 2 aromatic carbocycles. The van der Waals surface area contributed by atoms with Gasteiger partial charge in [-0.3, -0.25) is 14.5 Å². The molecule has 1 amide bonds. The molecule has 1 unspecified atom stereocenters. The van der Waals surface area contributed by atoms with E-state index in [0.29, 0.717) is 29.8 Å². The number of nitrogens with one attached hydrogen (secondary N) is 1. The molecular formula is C26H23ClFN3O4. The molecule has 3 aliphatic rings. The number of hydrogen-bond acceptors (Lipinski definition) is 6. The molecule has 1 aliphatic carbocycles. The number of nitrogens with two attached hydrogens (primary N) is 1. The minimum absolute atomic E-state index is 0.0170. The number of benzene rings is 2. The molecular weight excluding hydrogens is 473 g/mol. The summed E-state index contributed by atoms with van der Waals surface area (Å²) in [6.07, 6.45) is 1.03. The van der Waals surface area contributed by atoms with Crippen LogP contribution in [-0.4, -0.2) is 24.3 Å². The second-order valence-corrected chi connectivity index (χ2v) is 9.20. The highest BCUT2D eigenvalue weighted by molar-refractivity contribution is 6.30. The van der Waals surface area contributed by atoms with Crippen molar-refractivity contribution in [1.82, 2.24) is 0 Å². The Morgan fingerprint density at radius 2 is 2.00 bits per heavy atom. The molecule has 2 aromatic rings. The van der Waals surface area contributed by atoms with Gasteiger partial charge in [-0.2, -0.15) is 0 Å². The zero-order valence-corrected chi connectivity index (χ0v) is 20.0. The van der Waals surface area contributed by atoms with E-state index < -0.39 is 23.1 Å². The zero-order chi connectivity index (χ0) is 25.1. The van der Waals surface area contributed by atoms with Gasteiger partial charge in [-0.15, -0.1) is 0 Å². The maximum Gasteiger partial charge on any atom is 0.339 e. The third-order valence-electron chi connectivity index (χ3n) is 6.70. The van der Waals surface area contributed by atoms with Gasteiger partial charge >= 0.3 is 5.97 Å². The van der Waals surface area contributed by atoms with Crippen molar-refractivity contribution in [2.75, 3.05) is 16.8 Å². The molecule has 3 N–H and O–H groups in total. The van der Waals surface area contributed by atoms with Crippen LogP contribution in [0.3, 0.4) is 0 Å². The molecule has 0 saturated heterocycles. The Morgan fingerprint density at radius 3 is 2.71 bits per heavy atom. The second kappa shape index (κ2) is 8.23. The zero-order valence-electron chi connectivity index (χ0n) is 19.2. The summed E-state index contributed by atoms with van der Waals surface area (Å²) in [5, 5.41) is 3.01. The van der Waals surface area contributed by atoms with Gasteiger partial charge in [-0.05, 0) is 51.0 Å². The SMILES string of the molecule is CCOC(=O)C1=C(N)N(c2ccc(Cl)cc2F)C2=C(C(=O)CCC2)C12C(=O)Nc1ccc(C)cc12. The van der Waals surface area contributed by atoms with E-state index in [2.05, 4.69) is 5.32 Å². The minimum Gasteiger partial charge on any atom is -0.462 e. The molecule has 7 nitrogen and oxygen atoms in total. The van der Waals surface area contributed by atoms with Crippen molar-refractivity contribution < 1.29 is 23.5 Å². The first-order valence-electron chi connectivity index (χ1n) is 11.3. The number of ether oxygens (including phenoxy) is 1. The maximum atomic E-state index is 15.2. The average Bonchev–Trinajstić information content (AvgIpc) is 3.07. The summed E-state index contributed by atoms with van der Waals surface area (Å²) in [5.41, 5.74) is 6.92. The number of halogens is 2. The van der Waals surface area contributed by atoms with Crippen LogP contribution in [0, 0.1) is 12.7 Å². The summed E-state index contributed by atoms with van der Waals surface area (Å²) in [4.78, 5) is 42.3. The van der Waals surface area contributed by atoms with Gasteiger partial charge in [0.1, 0.15) is 22.6 Å². The number of ketones is 1. The first kappa shape index (κ1) is 23.1. The van der Waals surface area contributed by atoms with Crippen LogP contribution in [0.4, 0.5) is 15.8 Å². The number of fused-ring (bicyclic) bond motifs is 3. The smallest absolute Gasteiger partial charge is 0.339 e. The number of rotatable bonds is 3. The summed E-state index contributed by atoms with van der Waals surface area (Å²) < 4.78 is 20.5. The molecule has 180 valence electrons. The molecule has 2 aliphatic heterocycles. The van der Waals surface area contributed by atoms with Gasteiger partial charge in [0.2, 0.25) is 5.91 Å². The van der Waals surface area contributed by atoms with Gasteiger partial charge in [0.25, 0.3) is 0 Å². The summed E-state index contributed by atoms with van der Waals surface area (Å²) in [5.74, 6) is -2.56. The minimum atomic E-state index is -1.80. The molecule has 0 aromatic heterocycles. The van der Waals surface area contributed by atoms with E-state index in [4.69, 9.17) is 22.1 Å². The average molecular weight is 496 g/mol. The van der Waals surface area contributed by atoms with E-state index in [-0.39, 0.29) is 46.5 Å². The first-order chi connectivity index (χ1) is 16.7. The number of Topliss-reactive ketones (excluding diaryl/α,β-unsaturated/α-hetero) is 1. The second-order valence-electron chi connectivity index (χ2n) is 8.76. The largest absolute Gasteiger partial charge is 0.462 e. The van der Waals surface area contributed by atoms with Gasteiger partial charge in [-0.1, -0.05) is 29.3 Å². The van der Waals surface area contributed by atoms with Crippen LogP contribution in [-0.2, 0) is 24.5 Å². The van der Waals surface area contributed by atoms with E-state index in [1.165, 1.54) is 17.0 Å². The number of hydrogen-bond donors (Lipinski definition) is 2. The number of nitrogens with zero attached hydrogens (tertiary/aromatic N) is 1. The summed E-state index contributed by atoms with van der Waals surface area (Å²) in [6, 6.07) is 9.38. The van der Waals surface area contributed by atoms with Crippen LogP contribution < -0.4 is 16.0 Å². The van der Waals surface area contributed by atoms with Gasteiger partial charge in [-0.25, -0.2) is 9.18 Å². The monoisotopic (exact) mass is 495 g/mol. The number of allylic oxidation sites excluding steroid dienone is 1. The highest BCUT2D eigenvalue weighted by Crippen LogP contribution is 2.55. The number of aryl methyl sites for hydroxylation is 1. The van der Waals surface area contributed by atoms with Crippen LogP contribution in [0.25, 0.3) is 0 Å². The fourth-order valence-electron chi connectivity index (χ4n) is 5.36. The van der Waals surface area contributed by atoms with Crippen LogP contribution in [0.2, 0.25) is 5.02 Å². The van der Waals surface area contributed by atoms with E-state index in [1.807, 2.05) is 13.0 Å². The quantitative estimate of drug-likeness (QED) is 0.618. The fraction of sp³-hybridized carbons (Fsp3) is 0.269. The number of amides is 1. The molecule has 0 bridgehead atoms. The Hall–Kier alpha value is -3.65. The Balaban J connectivity index is 1.92. The van der Waals surface area contributed by atoms with Crippen LogP contribution in [0.15, 0.2) is 59.1 Å². The predicted octanol–water partition coefficient (Wildman–Crippen LogP) is 4.24. The van der Waals surface area contributed by atoms with Crippen molar-refractivity contribution >= 4 is 40.6 Å². The molecule has 2 heterocycles. The Bertz CT molecular complexity index is 1380. The van der Waals surface area contributed by atoms with Crippen molar-refractivity contribution in [3.05, 3.63) is 81.0 Å². The Labute approximate surface area is 206 Å². The van der Waals surface area contributed by atoms with E-state index in [9.17, 15) is 14.4 Å². The lowest BCUT2D eigenvalue weighted by Gasteiger charge is -2.44. The van der Waals surface area contributed by atoms with Crippen molar-refractivity contribution in [2.45, 2.75) is 38.5 Å². The van der Waals surface area contributed by atoms with Crippen LogP contribution in [0.5, 0.6) is 0 Å². The lowest BCUT2D eigenvalue weighted by atomic mass is 9.63. The Morgan fingerprint density at radius 1 is 1.23 bits per heavy atom. The van der Waals surface area contributed by atoms with Crippen LogP contribution >= 0.6 is 11.6 Å². The van der Waals surface area contributed by atoms with Crippen molar-refractivity contribution in [3.63, 3.8) is 0 Å². The van der Waals surface area contributed by atoms with E-state index in [0.717, 1.165) is 11.6 Å². The molecule has 35 heavy (non-hydrogen) atoms. The van der Waals surface area contributed by atoms with E-state index in [1.54, 1.807) is 19.1 Å². The third kappa shape index (κ3) is 3.20. The number of esters is 1. The van der Waals surface area contributed by atoms with Gasteiger partial charge < -0.3 is 15.8 Å². The lowest BCUT2D eigenvalue weighted by molar-refractivity contribution is -0.140. The van der Waals surface area contributed by atoms with E-state index >= 15 is 4.39 Å². The molecule has 0 saturated carbocycles. The van der Waals surface area contributed by atoms with Crippen molar-refractivity contribution in [1.29, 1.82) is 0 Å². The van der Waals surface area contributed by atoms with Gasteiger partial charge in [0.15, 0.2) is 5.78 Å². The normalized spacial score (nSPS) is 21.3. The standard InChI is InChI=1S/C26H23ClFN3O4/c1-3-35-24(33)22-23(29)31(18-10-8-14(27)12-16(18)28)19-5-4-6-20(32)21(19)26(22)15-11-13(2)7-9-17(15)30-25(26)34/h7-12H,3-6,29H2,1-2H3,(H,30,34). The maximum absolute atomic E-state index is 15.2. The summed E-state index contributed by atoms with van der Waals surface area (Å²) in [7, 11) is 0. The topological polar surface area (TPSA) is 102 Å².